The Balaban J connectivity index is 2.50. The summed E-state index contributed by atoms with van der Waals surface area (Å²) in [6.45, 7) is 8.36. The molecule has 0 aromatic heterocycles. The van der Waals surface area contributed by atoms with E-state index >= 15 is 0 Å². The van der Waals surface area contributed by atoms with Gasteiger partial charge in [-0.2, -0.15) is 0 Å². The highest BCUT2D eigenvalue weighted by atomic mass is 16.6. The number of carbonyl (C=O) groups is 1. The molecule has 0 spiro atoms. The van der Waals surface area contributed by atoms with Gasteiger partial charge in [-0.15, -0.1) is 6.42 Å². The number of carbonyl (C=O) groups excluding carboxylic acids is 1. The number of piperidine rings is 1. The second-order valence-electron chi connectivity index (χ2n) is 6.03. The first kappa shape index (κ1) is 14.8. The summed E-state index contributed by atoms with van der Waals surface area (Å²) in [6.07, 6.45) is 6.43. The smallest absolute Gasteiger partial charge is 0.410 e. The Morgan fingerprint density at radius 2 is 1.83 bits per heavy atom. The predicted molar refractivity (Wildman–Crippen MR) is 70.0 cm³/mol. The SMILES string of the molecule is C#CC(C)(O)C1CCN(C(=O)OC(C)(C)C)CC1. The Hall–Kier alpha value is -1.21. The predicted octanol–water partition coefficient (Wildman–Crippen LogP) is 2.02. The van der Waals surface area contributed by atoms with Gasteiger partial charge in [0.15, 0.2) is 0 Å². The Morgan fingerprint density at radius 1 is 1.33 bits per heavy atom. The first-order chi connectivity index (χ1) is 8.15. The first-order valence-corrected chi connectivity index (χ1v) is 6.34. The molecular weight excluding hydrogens is 230 g/mol. The molecule has 1 unspecified atom stereocenters. The maximum absolute atomic E-state index is 11.8. The average Bonchev–Trinajstić information content (AvgIpc) is 2.27. The van der Waals surface area contributed by atoms with E-state index < -0.39 is 11.2 Å². The van der Waals surface area contributed by atoms with Crippen molar-refractivity contribution < 1.29 is 14.6 Å². The van der Waals surface area contributed by atoms with Crippen molar-refractivity contribution in [2.24, 2.45) is 5.92 Å². The quantitative estimate of drug-likeness (QED) is 0.727. The van der Waals surface area contributed by atoms with Gasteiger partial charge in [0.05, 0.1) is 0 Å². The number of hydrogen-bond acceptors (Lipinski definition) is 3. The van der Waals surface area contributed by atoms with Crippen molar-refractivity contribution in [3.63, 3.8) is 0 Å². The molecule has 1 N–H and O–H groups in total. The highest BCUT2D eigenvalue weighted by molar-refractivity contribution is 5.68. The molecule has 1 aliphatic rings. The van der Waals surface area contributed by atoms with Gasteiger partial charge in [0.2, 0.25) is 0 Å². The maximum atomic E-state index is 11.8. The fourth-order valence-electron chi connectivity index (χ4n) is 2.07. The second kappa shape index (κ2) is 5.19. The lowest BCUT2D eigenvalue weighted by Gasteiger charge is -2.37. The molecule has 0 aromatic carbocycles. The summed E-state index contributed by atoms with van der Waals surface area (Å²) in [5, 5.41) is 9.99. The van der Waals surface area contributed by atoms with E-state index in [0.717, 1.165) is 0 Å². The third kappa shape index (κ3) is 3.92. The Labute approximate surface area is 109 Å². The number of likely N-dealkylation sites (tertiary alicyclic amines) is 1. The van der Waals surface area contributed by atoms with Crippen LogP contribution in [-0.2, 0) is 4.74 Å². The lowest BCUT2D eigenvalue weighted by Crippen LogP contribution is -2.46. The Kier molecular flexibility index (Phi) is 4.28. The highest BCUT2D eigenvalue weighted by Crippen LogP contribution is 2.28. The highest BCUT2D eigenvalue weighted by Gasteiger charge is 2.35. The minimum Gasteiger partial charge on any atom is -0.444 e. The molecule has 1 fully saturated rings. The lowest BCUT2D eigenvalue weighted by molar-refractivity contribution is -0.00438. The van der Waals surface area contributed by atoms with Gasteiger partial charge < -0.3 is 14.7 Å². The van der Waals surface area contributed by atoms with Gasteiger partial charge in [-0.1, -0.05) is 5.92 Å². The van der Waals surface area contributed by atoms with Crippen molar-refractivity contribution in [2.45, 2.75) is 51.7 Å². The van der Waals surface area contributed by atoms with Crippen molar-refractivity contribution in [3.8, 4) is 12.3 Å². The molecule has 1 amide bonds. The molecule has 102 valence electrons. The van der Waals surface area contributed by atoms with Crippen LogP contribution in [0.15, 0.2) is 0 Å². The molecule has 0 bridgehead atoms. The van der Waals surface area contributed by atoms with Crippen molar-refractivity contribution >= 4 is 6.09 Å². The van der Waals surface area contributed by atoms with Gasteiger partial charge in [0.1, 0.15) is 11.2 Å². The van der Waals surface area contributed by atoms with Crippen LogP contribution in [0.1, 0.15) is 40.5 Å². The van der Waals surface area contributed by atoms with Gasteiger partial charge in [0.25, 0.3) is 0 Å². The Morgan fingerprint density at radius 3 is 2.22 bits per heavy atom. The number of nitrogens with zero attached hydrogens (tertiary/aromatic N) is 1. The summed E-state index contributed by atoms with van der Waals surface area (Å²) in [4.78, 5) is 13.5. The van der Waals surface area contributed by atoms with Crippen molar-refractivity contribution in [3.05, 3.63) is 0 Å². The molecule has 18 heavy (non-hydrogen) atoms. The zero-order chi connectivity index (χ0) is 14.0. The number of hydrogen-bond donors (Lipinski definition) is 1. The van der Waals surface area contributed by atoms with Gasteiger partial charge in [0, 0.05) is 19.0 Å². The van der Waals surface area contributed by atoms with Crippen LogP contribution in [0.3, 0.4) is 0 Å². The van der Waals surface area contributed by atoms with Crippen LogP contribution in [0.2, 0.25) is 0 Å². The molecule has 1 atom stereocenters. The van der Waals surface area contributed by atoms with Crippen LogP contribution in [0, 0.1) is 18.3 Å². The minimum atomic E-state index is -1.08. The molecule has 1 heterocycles. The first-order valence-electron chi connectivity index (χ1n) is 6.34. The maximum Gasteiger partial charge on any atom is 0.410 e. The summed E-state index contributed by atoms with van der Waals surface area (Å²) >= 11 is 0. The van der Waals surface area contributed by atoms with E-state index in [1.165, 1.54) is 0 Å². The lowest BCUT2D eigenvalue weighted by atomic mass is 9.82. The molecule has 0 aliphatic carbocycles. The number of aliphatic hydroxyl groups is 1. The number of terminal acetylenes is 1. The summed E-state index contributed by atoms with van der Waals surface area (Å²) < 4.78 is 5.31. The molecule has 4 heteroatoms. The third-order valence-corrected chi connectivity index (χ3v) is 3.23. The van der Waals surface area contributed by atoms with Gasteiger partial charge in [-0.05, 0) is 40.5 Å². The van der Waals surface area contributed by atoms with Gasteiger partial charge >= 0.3 is 6.09 Å². The van der Waals surface area contributed by atoms with Crippen LogP contribution in [0.25, 0.3) is 0 Å². The van der Waals surface area contributed by atoms with E-state index in [4.69, 9.17) is 11.2 Å². The molecule has 0 saturated carbocycles. The van der Waals surface area contributed by atoms with E-state index in [1.807, 2.05) is 20.8 Å². The van der Waals surface area contributed by atoms with Crippen molar-refractivity contribution in [2.75, 3.05) is 13.1 Å². The normalized spacial score (nSPS) is 21.0. The molecule has 1 rings (SSSR count). The monoisotopic (exact) mass is 253 g/mol. The fraction of sp³-hybridized carbons (Fsp3) is 0.786. The zero-order valence-electron chi connectivity index (χ0n) is 11.7. The third-order valence-electron chi connectivity index (χ3n) is 3.23. The molecule has 1 aliphatic heterocycles. The number of rotatable bonds is 1. The standard InChI is InChI=1S/C14H23NO3/c1-6-14(5,17)11-7-9-15(10-8-11)12(16)18-13(2,3)4/h1,11,17H,7-10H2,2-5H3. The Bertz CT molecular complexity index is 341. The molecule has 0 radical (unpaired) electrons. The molecule has 1 saturated heterocycles. The van der Waals surface area contributed by atoms with Crippen LogP contribution < -0.4 is 0 Å². The number of ether oxygens (including phenoxy) is 1. The van der Waals surface area contributed by atoms with Crippen LogP contribution in [-0.4, -0.2) is 40.4 Å². The summed E-state index contributed by atoms with van der Waals surface area (Å²) in [5.41, 5.74) is -1.56. The molecule has 0 aromatic rings. The second-order valence-corrected chi connectivity index (χ2v) is 6.03. The van der Waals surface area contributed by atoms with Crippen LogP contribution in [0.4, 0.5) is 4.79 Å². The van der Waals surface area contributed by atoms with E-state index in [0.29, 0.717) is 25.9 Å². The van der Waals surface area contributed by atoms with Crippen molar-refractivity contribution in [1.29, 1.82) is 0 Å². The topological polar surface area (TPSA) is 49.8 Å². The van der Waals surface area contributed by atoms with Crippen LogP contribution in [0.5, 0.6) is 0 Å². The van der Waals surface area contributed by atoms with Gasteiger partial charge in [-0.25, -0.2) is 4.79 Å². The zero-order valence-corrected chi connectivity index (χ0v) is 11.7. The fourth-order valence-corrected chi connectivity index (χ4v) is 2.07. The van der Waals surface area contributed by atoms with Gasteiger partial charge in [-0.3, -0.25) is 0 Å². The van der Waals surface area contributed by atoms with E-state index in [-0.39, 0.29) is 12.0 Å². The molecule has 4 nitrogen and oxygen atoms in total. The van der Waals surface area contributed by atoms with Crippen molar-refractivity contribution in [1.82, 2.24) is 4.90 Å². The van der Waals surface area contributed by atoms with Crippen LogP contribution >= 0.6 is 0 Å². The number of amides is 1. The largest absolute Gasteiger partial charge is 0.444 e. The summed E-state index contributed by atoms with van der Waals surface area (Å²) in [5.74, 6) is 2.46. The minimum absolute atomic E-state index is 0.0428. The summed E-state index contributed by atoms with van der Waals surface area (Å²) in [6, 6.07) is 0. The molecular formula is C14H23NO3. The van der Waals surface area contributed by atoms with E-state index in [9.17, 15) is 9.90 Å². The summed E-state index contributed by atoms with van der Waals surface area (Å²) in [7, 11) is 0. The van der Waals surface area contributed by atoms with E-state index in [2.05, 4.69) is 5.92 Å². The van der Waals surface area contributed by atoms with E-state index in [1.54, 1.807) is 11.8 Å². The average molecular weight is 253 g/mol.